The number of ether oxygens (including phenoxy) is 1. The fourth-order valence-electron chi connectivity index (χ4n) is 2.89. The molecule has 0 fully saturated rings. The third-order valence-electron chi connectivity index (χ3n) is 4.10. The van der Waals surface area contributed by atoms with E-state index >= 15 is 0 Å². The minimum atomic E-state index is -0.889. The van der Waals surface area contributed by atoms with E-state index in [0.29, 0.717) is 24.1 Å². The molecule has 3 amide bonds. The highest BCUT2D eigenvalue weighted by Gasteiger charge is 2.32. The first-order chi connectivity index (χ1) is 13.9. The predicted octanol–water partition coefficient (Wildman–Crippen LogP) is 3.03. The number of carbonyl (C=O) groups excluding carboxylic acids is 3. The summed E-state index contributed by atoms with van der Waals surface area (Å²) in [4.78, 5) is 39.4. The number of alkyl carbamates (subject to hydrolysis) is 1. The molecule has 0 saturated heterocycles. The van der Waals surface area contributed by atoms with Gasteiger partial charge in [0.25, 0.3) is 0 Å². The lowest BCUT2D eigenvalue weighted by Crippen LogP contribution is -2.49. The fraction of sp³-hybridized carbons (Fsp3) is 0.591. The van der Waals surface area contributed by atoms with Crippen LogP contribution in [0.15, 0.2) is 18.2 Å². The van der Waals surface area contributed by atoms with Crippen LogP contribution in [-0.4, -0.2) is 52.6 Å². The Labute approximate surface area is 179 Å². The van der Waals surface area contributed by atoms with Crippen LogP contribution in [0.4, 0.5) is 4.79 Å². The lowest BCUT2D eigenvalue weighted by molar-refractivity contribution is -0.140. The summed E-state index contributed by atoms with van der Waals surface area (Å²) in [6.07, 6.45) is -0.0725. The summed E-state index contributed by atoms with van der Waals surface area (Å²) in [5, 5.41) is 15.2. The largest absolute Gasteiger partial charge is 0.508 e. The van der Waals surface area contributed by atoms with Gasteiger partial charge in [-0.05, 0) is 71.2 Å². The van der Waals surface area contributed by atoms with Gasteiger partial charge in [0.2, 0.25) is 11.8 Å². The van der Waals surface area contributed by atoms with E-state index in [0.717, 1.165) is 0 Å². The maximum absolute atomic E-state index is 13.0. The Kier molecular flexibility index (Phi) is 9.14. The molecule has 1 unspecified atom stereocenters. The van der Waals surface area contributed by atoms with Crippen molar-refractivity contribution in [3.63, 3.8) is 0 Å². The van der Waals surface area contributed by atoms with Crippen LogP contribution in [-0.2, 0) is 14.3 Å². The lowest BCUT2D eigenvalue weighted by atomic mass is 10.0. The van der Waals surface area contributed by atoms with E-state index in [1.54, 1.807) is 39.8 Å². The van der Waals surface area contributed by atoms with Crippen LogP contribution >= 0.6 is 0 Å². The normalized spacial score (nSPS) is 12.3. The van der Waals surface area contributed by atoms with Crippen LogP contribution in [0.1, 0.15) is 65.1 Å². The Morgan fingerprint density at radius 1 is 1.20 bits per heavy atom. The van der Waals surface area contributed by atoms with Gasteiger partial charge in [-0.2, -0.15) is 0 Å². The zero-order chi connectivity index (χ0) is 23.1. The molecule has 8 nitrogen and oxygen atoms in total. The van der Waals surface area contributed by atoms with Gasteiger partial charge in [0.1, 0.15) is 23.9 Å². The van der Waals surface area contributed by atoms with Gasteiger partial charge in [0.05, 0.1) is 0 Å². The molecule has 1 aromatic carbocycles. The molecule has 0 aliphatic rings. The van der Waals surface area contributed by atoms with Gasteiger partial charge in [-0.3, -0.25) is 9.59 Å². The van der Waals surface area contributed by atoms with Crippen molar-refractivity contribution in [2.24, 2.45) is 0 Å². The molecule has 0 aliphatic heterocycles. The van der Waals surface area contributed by atoms with E-state index in [-0.39, 0.29) is 24.2 Å². The predicted molar refractivity (Wildman–Crippen MR) is 115 cm³/mol. The highest BCUT2D eigenvalue weighted by atomic mass is 16.6. The second-order valence-corrected chi connectivity index (χ2v) is 8.55. The van der Waals surface area contributed by atoms with Crippen molar-refractivity contribution in [1.29, 1.82) is 0 Å². The second kappa shape index (κ2) is 10.8. The first-order valence-electron chi connectivity index (χ1n) is 10.2. The number of phenolic OH excluding ortho intramolecular Hbond substituents is 1. The van der Waals surface area contributed by atoms with Crippen LogP contribution in [0.3, 0.4) is 0 Å². The number of hydrogen-bond donors (Lipinski definition) is 3. The number of nitrogens with one attached hydrogen (secondary N) is 2. The van der Waals surface area contributed by atoms with E-state index < -0.39 is 23.6 Å². The van der Waals surface area contributed by atoms with Crippen molar-refractivity contribution in [3.8, 4) is 5.75 Å². The minimum absolute atomic E-state index is 0.113. The Hall–Kier alpha value is -2.77. The molecule has 0 aliphatic carbocycles. The van der Waals surface area contributed by atoms with Gasteiger partial charge in [0.15, 0.2) is 0 Å². The monoisotopic (exact) mass is 421 g/mol. The van der Waals surface area contributed by atoms with Crippen molar-refractivity contribution < 1.29 is 24.2 Å². The van der Waals surface area contributed by atoms with Crippen LogP contribution in [0, 0.1) is 6.92 Å². The Morgan fingerprint density at radius 2 is 1.83 bits per heavy atom. The molecule has 1 aromatic rings. The Balaban J connectivity index is 3.16. The molecular formula is C22H35N3O5. The molecule has 0 saturated carbocycles. The van der Waals surface area contributed by atoms with Crippen LogP contribution < -0.4 is 10.6 Å². The molecule has 3 N–H and O–H groups in total. The minimum Gasteiger partial charge on any atom is -0.508 e. The third kappa shape index (κ3) is 7.93. The van der Waals surface area contributed by atoms with Crippen LogP contribution in [0.5, 0.6) is 5.75 Å². The second-order valence-electron chi connectivity index (χ2n) is 8.55. The number of aromatic hydroxyl groups is 1. The van der Waals surface area contributed by atoms with Gasteiger partial charge >= 0.3 is 6.09 Å². The van der Waals surface area contributed by atoms with E-state index in [4.69, 9.17) is 4.74 Å². The molecule has 0 heterocycles. The number of hydrogen-bond acceptors (Lipinski definition) is 5. The first-order valence-corrected chi connectivity index (χ1v) is 10.2. The van der Waals surface area contributed by atoms with Gasteiger partial charge in [-0.15, -0.1) is 0 Å². The zero-order valence-electron chi connectivity index (χ0n) is 19.0. The highest BCUT2D eigenvalue weighted by molar-refractivity contribution is 5.90. The topological polar surface area (TPSA) is 108 Å². The summed E-state index contributed by atoms with van der Waals surface area (Å²) in [7, 11) is 0. The number of carbonyl (C=O) groups is 3. The van der Waals surface area contributed by atoms with Gasteiger partial charge in [-0.25, -0.2) is 4.79 Å². The highest BCUT2D eigenvalue weighted by Crippen LogP contribution is 2.26. The van der Waals surface area contributed by atoms with Gasteiger partial charge < -0.3 is 25.4 Å². The summed E-state index contributed by atoms with van der Waals surface area (Å²) < 4.78 is 5.17. The van der Waals surface area contributed by atoms with Crippen molar-refractivity contribution in [2.75, 3.05) is 13.1 Å². The number of aryl methyl sites for hydroxylation is 1. The Morgan fingerprint density at radius 3 is 2.33 bits per heavy atom. The SMILES string of the molecule is CCCN(C(=O)CNC(=O)OC(C)(C)C)C(C(=O)NC(C)C)c1ccc(O)c(C)c1. The van der Waals surface area contributed by atoms with E-state index in [9.17, 15) is 19.5 Å². The van der Waals surface area contributed by atoms with E-state index in [1.807, 2.05) is 20.8 Å². The molecular weight excluding hydrogens is 386 g/mol. The molecule has 0 aromatic heterocycles. The molecule has 168 valence electrons. The quantitative estimate of drug-likeness (QED) is 0.598. The molecule has 0 radical (unpaired) electrons. The number of phenols is 1. The smallest absolute Gasteiger partial charge is 0.408 e. The van der Waals surface area contributed by atoms with E-state index in [2.05, 4.69) is 10.6 Å². The molecule has 1 rings (SSSR count). The summed E-state index contributed by atoms with van der Waals surface area (Å²) in [5.41, 5.74) is 0.507. The van der Waals surface area contributed by atoms with Crippen molar-refractivity contribution in [3.05, 3.63) is 29.3 Å². The maximum atomic E-state index is 13.0. The summed E-state index contributed by atoms with van der Waals surface area (Å²) in [6.45, 7) is 12.5. The standard InChI is InChI=1S/C22H35N3O5/c1-8-11-25(18(27)13-23-21(29)30-22(5,6)7)19(20(28)24-14(2)3)16-9-10-17(26)15(4)12-16/h9-10,12,14,19,26H,8,11,13H2,1-7H3,(H,23,29)(H,24,28). The number of amides is 3. The average Bonchev–Trinajstić information content (AvgIpc) is 2.60. The lowest BCUT2D eigenvalue weighted by Gasteiger charge is -2.32. The van der Waals surface area contributed by atoms with Crippen molar-refractivity contribution >= 4 is 17.9 Å². The third-order valence-corrected chi connectivity index (χ3v) is 4.10. The number of rotatable bonds is 8. The fourth-order valence-corrected chi connectivity index (χ4v) is 2.89. The average molecular weight is 422 g/mol. The summed E-state index contributed by atoms with van der Waals surface area (Å²) >= 11 is 0. The van der Waals surface area contributed by atoms with Crippen LogP contribution in [0.25, 0.3) is 0 Å². The summed E-state index contributed by atoms with van der Waals surface area (Å²) in [6, 6.07) is 3.83. The maximum Gasteiger partial charge on any atom is 0.408 e. The van der Waals surface area contributed by atoms with Gasteiger partial charge in [-0.1, -0.05) is 13.0 Å². The first kappa shape index (κ1) is 25.3. The molecule has 1 atom stereocenters. The van der Waals surface area contributed by atoms with Crippen molar-refractivity contribution in [1.82, 2.24) is 15.5 Å². The molecule has 0 spiro atoms. The molecule has 8 heteroatoms. The van der Waals surface area contributed by atoms with Crippen molar-refractivity contribution in [2.45, 2.75) is 72.6 Å². The number of benzene rings is 1. The zero-order valence-corrected chi connectivity index (χ0v) is 19.0. The Bertz CT molecular complexity index is 756. The van der Waals surface area contributed by atoms with Gasteiger partial charge in [0, 0.05) is 12.6 Å². The van der Waals surface area contributed by atoms with E-state index in [1.165, 1.54) is 11.0 Å². The molecule has 30 heavy (non-hydrogen) atoms. The summed E-state index contributed by atoms with van der Waals surface area (Å²) in [5.74, 6) is -0.617. The van der Waals surface area contributed by atoms with Crippen LogP contribution in [0.2, 0.25) is 0 Å². The number of nitrogens with zero attached hydrogens (tertiary/aromatic N) is 1. The molecule has 0 bridgehead atoms.